The van der Waals surface area contributed by atoms with E-state index in [1.165, 1.54) is 0 Å². The number of aromatic amines is 1. The average Bonchev–Trinajstić information content (AvgIpc) is 3.58. The van der Waals surface area contributed by atoms with Crippen LogP contribution >= 0.6 is 15.6 Å². The molecular formula is C38H60N8O27P2. The molecule has 2 aliphatic rings. The highest BCUT2D eigenvalue weighted by atomic mass is 31.3. The predicted octanol–water partition coefficient (Wildman–Crippen LogP) is -6.73. The molecule has 424 valence electrons. The van der Waals surface area contributed by atoms with E-state index in [-0.39, 0.29) is 19.3 Å². The number of hydrogen-bond donors (Lipinski definition) is 16. The van der Waals surface area contributed by atoms with Crippen molar-refractivity contribution in [1.82, 2.24) is 36.1 Å². The molecule has 3 rings (SSSR count). The number of phosphoric acid groups is 2. The SMILES string of the molecule is CC(=O)N[C@H]1C(OP(=O)(O)OP(=O)(O)OC[C@H]2O[C@@H](n3ccc(=O)[nH]c3=O)[C@H](O)[C@@H]2O)O[C@H](CO)[C@@H](O)[C@@H]1OC(C)C(=O)N[C@@H](C)C(=O)N[C@H](CCC(=O)N[C@@H](CCC[C@@H](N)C(=O)O)C(=O)N[C@H](C)C(=O)O)C(=O)O. The molecule has 17 atom stereocenters. The number of H-pyrrole nitrogens is 1. The van der Waals surface area contributed by atoms with Gasteiger partial charge < -0.3 is 92.1 Å². The second-order valence-corrected chi connectivity index (χ2v) is 19.9. The molecule has 1 aromatic heterocycles. The Hall–Kier alpha value is -5.62. The molecule has 0 aromatic carbocycles. The molecule has 5 amide bonds. The number of amides is 5. The number of aliphatic hydroxyl groups is 4. The van der Waals surface area contributed by atoms with Gasteiger partial charge in [0.15, 0.2) is 12.5 Å². The Morgan fingerprint density at radius 2 is 1.43 bits per heavy atom. The Kier molecular flexibility index (Phi) is 23.7. The van der Waals surface area contributed by atoms with Crippen LogP contribution in [0.5, 0.6) is 0 Å². The Bertz CT molecular complexity index is 2440. The lowest BCUT2D eigenvalue weighted by molar-refractivity contribution is -0.261. The van der Waals surface area contributed by atoms with Crippen molar-refractivity contribution in [3.8, 4) is 0 Å². The third-order valence-corrected chi connectivity index (χ3v) is 13.6. The number of carbonyl (C=O) groups excluding carboxylic acids is 5. The molecule has 1 aromatic rings. The van der Waals surface area contributed by atoms with Crippen molar-refractivity contribution in [3.63, 3.8) is 0 Å². The first kappa shape index (κ1) is 63.7. The molecule has 3 heterocycles. The third-order valence-electron chi connectivity index (χ3n) is 11.0. The van der Waals surface area contributed by atoms with Gasteiger partial charge in [0.2, 0.25) is 29.5 Å². The molecule has 0 radical (unpaired) electrons. The summed E-state index contributed by atoms with van der Waals surface area (Å²) < 4.78 is 56.9. The number of carboxylic acid groups (broad SMARTS) is 3. The first-order valence-corrected chi connectivity index (χ1v) is 25.3. The number of nitrogens with one attached hydrogen (secondary N) is 6. The van der Waals surface area contributed by atoms with E-state index < -0.39 is 192 Å². The van der Waals surface area contributed by atoms with Gasteiger partial charge in [-0.1, -0.05) is 0 Å². The molecule has 2 saturated heterocycles. The second-order valence-electron chi connectivity index (χ2n) is 16.9. The number of carboxylic acids is 3. The number of aliphatic carboxylic acids is 3. The zero-order chi connectivity index (χ0) is 56.9. The molecular weight excluding hydrogens is 1060 g/mol. The van der Waals surface area contributed by atoms with E-state index in [2.05, 4.69) is 35.4 Å². The molecule has 2 fully saturated rings. The predicted molar refractivity (Wildman–Crippen MR) is 242 cm³/mol. The highest BCUT2D eigenvalue weighted by molar-refractivity contribution is 7.61. The molecule has 4 unspecified atom stereocenters. The van der Waals surface area contributed by atoms with E-state index in [1.54, 1.807) is 0 Å². The Balaban J connectivity index is 1.66. The number of nitrogens with two attached hydrogens (primary N) is 1. The van der Waals surface area contributed by atoms with Crippen LogP contribution < -0.4 is 43.6 Å². The maximum Gasteiger partial charge on any atom is 0.483 e. The van der Waals surface area contributed by atoms with Crippen molar-refractivity contribution >= 4 is 63.1 Å². The number of aromatic nitrogens is 2. The van der Waals surface area contributed by atoms with Crippen LogP contribution in [0.2, 0.25) is 0 Å². The minimum atomic E-state index is -5.95. The maximum absolute atomic E-state index is 13.3. The average molecular weight is 1120 g/mol. The molecule has 0 spiro atoms. The number of nitrogens with zero attached hydrogens (tertiary/aromatic N) is 1. The Morgan fingerprint density at radius 3 is 2.00 bits per heavy atom. The minimum absolute atomic E-state index is 0.0218. The van der Waals surface area contributed by atoms with Gasteiger partial charge in [-0.2, -0.15) is 4.31 Å². The number of rotatable bonds is 29. The van der Waals surface area contributed by atoms with Gasteiger partial charge in [-0.3, -0.25) is 57.0 Å². The Morgan fingerprint density at radius 1 is 0.787 bits per heavy atom. The van der Waals surface area contributed by atoms with Crippen molar-refractivity contribution in [3.05, 3.63) is 33.1 Å². The van der Waals surface area contributed by atoms with Crippen LogP contribution in [0.4, 0.5) is 0 Å². The second kappa shape index (κ2) is 28.0. The molecule has 35 nitrogen and oxygen atoms in total. The van der Waals surface area contributed by atoms with Gasteiger partial charge in [0.25, 0.3) is 5.56 Å². The number of aliphatic hydroxyl groups excluding tert-OH is 4. The smallest absolute Gasteiger partial charge is 0.480 e. The molecule has 2 aliphatic heterocycles. The van der Waals surface area contributed by atoms with Crippen LogP contribution in [0.15, 0.2) is 21.9 Å². The van der Waals surface area contributed by atoms with Crippen LogP contribution in [0.25, 0.3) is 0 Å². The molecule has 37 heteroatoms. The van der Waals surface area contributed by atoms with Gasteiger partial charge in [0.1, 0.15) is 79.0 Å². The van der Waals surface area contributed by atoms with Crippen LogP contribution in [-0.2, 0) is 75.1 Å². The van der Waals surface area contributed by atoms with Gasteiger partial charge in [-0.25, -0.2) is 18.7 Å². The molecule has 0 aliphatic carbocycles. The zero-order valence-electron chi connectivity index (χ0n) is 40.1. The normalized spacial score (nSPS) is 26.6. The maximum atomic E-state index is 13.3. The monoisotopic (exact) mass is 1120 g/mol. The molecule has 17 N–H and O–H groups in total. The van der Waals surface area contributed by atoms with E-state index in [1.807, 2.05) is 4.98 Å². The summed E-state index contributed by atoms with van der Waals surface area (Å²) in [4.78, 5) is 145. The quantitative estimate of drug-likeness (QED) is 0.0332. The van der Waals surface area contributed by atoms with E-state index in [9.17, 15) is 92.4 Å². The summed E-state index contributed by atoms with van der Waals surface area (Å²) in [6, 6.07) is -8.58. The van der Waals surface area contributed by atoms with E-state index >= 15 is 0 Å². The van der Waals surface area contributed by atoms with Crippen molar-refractivity contribution in [2.45, 2.75) is 151 Å². The first-order valence-electron chi connectivity index (χ1n) is 22.3. The summed E-state index contributed by atoms with van der Waals surface area (Å²) in [5, 5.41) is 80.8. The van der Waals surface area contributed by atoms with Gasteiger partial charge >= 0.3 is 39.2 Å². The Labute approximate surface area is 422 Å². The standard InChI is InChI=1S/C38H60N8O27P2/c1-14(30(54)44-20(36(61)62)8-9-23(49)43-19(7-5-6-18(39)35(59)60)32(56)41-15(2)34(57)58)40-31(55)16(3)69-29-25(42-17(4)48)37(71-21(12-47)27(29)52)72-75(66,67)73-74(64,65)68-13-22-26(51)28(53)33(70-22)46-11-10-24(50)45-38(46)63/h10-11,14-16,18-22,25-29,33,37,47,51-53H,5-9,12-13,39H2,1-4H3,(H,40,55)(H,41,56)(H,42,48)(H,43,49)(H,44,54)(H,57,58)(H,59,60)(H,61,62)(H,64,65)(H,66,67)(H,45,50,63)/t14-,15+,16?,18+,19-,20+,21+,22+,25+,26+,27+,28+,29+,33+,37?/m0/s1. The fourth-order valence-electron chi connectivity index (χ4n) is 7.00. The topological polar surface area (TPSA) is 549 Å². The van der Waals surface area contributed by atoms with Crippen molar-refractivity contribution in [2.75, 3.05) is 13.2 Å². The highest BCUT2D eigenvalue weighted by Crippen LogP contribution is 2.61. The van der Waals surface area contributed by atoms with E-state index in [0.29, 0.717) is 4.57 Å². The van der Waals surface area contributed by atoms with Crippen LogP contribution in [-0.4, -0.2) is 201 Å². The van der Waals surface area contributed by atoms with Gasteiger partial charge in [-0.05, 0) is 46.5 Å². The molecule has 75 heavy (non-hydrogen) atoms. The minimum Gasteiger partial charge on any atom is -0.480 e. The van der Waals surface area contributed by atoms with Gasteiger partial charge in [0, 0.05) is 25.6 Å². The summed E-state index contributed by atoms with van der Waals surface area (Å²) >= 11 is 0. The lowest BCUT2D eigenvalue weighted by Crippen LogP contribution is -2.66. The fraction of sp³-hybridized carbons (Fsp3) is 0.684. The summed E-state index contributed by atoms with van der Waals surface area (Å²) in [7, 11) is -11.7. The number of hydrogen-bond acceptors (Lipinski definition) is 23. The van der Waals surface area contributed by atoms with Gasteiger partial charge in [0.05, 0.1) is 13.2 Å². The van der Waals surface area contributed by atoms with Crippen LogP contribution in [0.1, 0.15) is 66.0 Å². The van der Waals surface area contributed by atoms with Crippen molar-refractivity contribution in [2.24, 2.45) is 5.73 Å². The molecule has 0 saturated carbocycles. The van der Waals surface area contributed by atoms with Crippen LogP contribution in [0, 0.1) is 0 Å². The van der Waals surface area contributed by atoms with Gasteiger partial charge in [-0.15, -0.1) is 0 Å². The summed E-state index contributed by atoms with van der Waals surface area (Å²) in [6.07, 6.45) is -17.8. The van der Waals surface area contributed by atoms with Crippen LogP contribution in [0.3, 0.4) is 0 Å². The number of carbonyl (C=O) groups is 8. The summed E-state index contributed by atoms with van der Waals surface area (Å²) in [5.41, 5.74) is 3.59. The summed E-state index contributed by atoms with van der Waals surface area (Å²) in [6.45, 7) is 1.88. The van der Waals surface area contributed by atoms with E-state index in [4.69, 9.17) is 34.7 Å². The summed E-state index contributed by atoms with van der Waals surface area (Å²) in [5.74, 6) is -9.59. The lowest BCUT2D eigenvalue weighted by Gasteiger charge is -2.44. The number of ether oxygens (including phenoxy) is 3. The largest absolute Gasteiger partial charge is 0.483 e. The van der Waals surface area contributed by atoms with Crippen molar-refractivity contribution < 1.29 is 121 Å². The first-order chi connectivity index (χ1) is 34.8. The lowest BCUT2D eigenvalue weighted by atomic mass is 9.96. The zero-order valence-corrected chi connectivity index (χ0v) is 41.8. The molecule has 0 bridgehead atoms. The van der Waals surface area contributed by atoms with E-state index in [0.717, 1.165) is 40.0 Å². The highest BCUT2D eigenvalue weighted by Gasteiger charge is 2.52. The third kappa shape index (κ3) is 19.2. The van der Waals surface area contributed by atoms with Crippen molar-refractivity contribution in [1.29, 1.82) is 0 Å². The number of phosphoric ester groups is 2. The fourth-order valence-corrected chi connectivity index (χ4v) is 9.17.